The van der Waals surface area contributed by atoms with Crippen LogP contribution < -0.4 is 15.4 Å². The fraction of sp³-hybridized carbons (Fsp3) is 0.444. The number of ether oxygens (including phenoxy) is 1. The van der Waals surface area contributed by atoms with E-state index in [2.05, 4.69) is 38.1 Å². The molecular weight excluding hydrogens is 320 g/mol. The van der Waals surface area contributed by atoms with Crippen LogP contribution in [0.1, 0.15) is 30.1 Å². The predicted octanol–water partition coefficient (Wildman–Crippen LogP) is 3.15. The average Bonchev–Trinajstić information content (AvgIpc) is 2.96. The fourth-order valence-corrected chi connectivity index (χ4v) is 2.89. The lowest BCUT2D eigenvalue weighted by atomic mass is 10.2. The zero-order valence-electron chi connectivity index (χ0n) is 14.8. The number of guanidine groups is 1. The van der Waals surface area contributed by atoms with Gasteiger partial charge >= 0.3 is 0 Å². The van der Waals surface area contributed by atoms with E-state index in [4.69, 9.17) is 4.74 Å². The van der Waals surface area contributed by atoms with Crippen LogP contribution in [0.15, 0.2) is 34.6 Å². The van der Waals surface area contributed by atoms with Crippen LogP contribution in [0.3, 0.4) is 0 Å². The van der Waals surface area contributed by atoms with Crippen molar-refractivity contribution in [3.63, 3.8) is 0 Å². The summed E-state index contributed by atoms with van der Waals surface area (Å²) in [6, 6.07) is 8.12. The Bertz CT molecular complexity index is 667. The van der Waals surface area contributed by atoms with Gasteiger partial charge in [0, 0.05) is 31.9 Å². The van der Waals surface area contributed by atoms with Gasteiger partial charge in [-0.25, -0.2) is 4.98 Å². The SMILES string of the molecule is CN=C(NCCc1csc(C)n1)NCc1cccc(OC(C)C)c1. The van der Waals surface area contributed by atoms with E-state index in [-0.39, 0.29) is 6.10 Å². The second-order valence-corrected chi connectivity index (χ2v) is 6.84. The summed E-state index contributed by atoms with van der Waals surface area (Å²) >= 11 is 1.69. The van der Waals surface area contributed by atoms with Crippen molar-refractivity contribution in [3.8, 4) is 5.75 Å². The molecule has 0 aliphatic heterocycles. The zero-order chi connectivity index (χ0) is 17.4. The predicted molar refractivity (Wildman–Crippen MR) is 101 cm³/mol. The molecule has 0 aliphatic rings. The molecule has 2 aromatic rings. The van der Waals surface area contributed by atoms with Crippen molar-refractivity contribution < 1.29 is 4.74 Å². The molecule has 0 amide bonds. The Morgan fingerprint density at radius 2 is 2.17 bits per heavy atom. The lowest BCUT2D eigenvalue weighted by molar-refractivity contribution is 0.242. The third-order valence-corrected chi connectivity index (χ3v) is 4.12. The van der Waals surface area contributed by atoms with Crippen LogP contribution in [0.2, 0.25) is 0 Å². The Kier molecular flexibility index (Phi) is 7.06. The maximum atomic E-state index is 5.72. The number of aliphatic imine (C=N–C) groups is 1. The molecule has 6 heteroatoms. The van der Waals surface area contributed by atoms with Gasteiger partial charge in [0.1, 0.15) is 5.75 Å². The highest BCUT2D eigenvalue weighted by atomic mass is 32.1. The third-order valence-electron chi connectivity index (χ3n) is 3.29. The van der Waals surface area contributed by atoms with Gasteiger partial charge in [-0.05, 0) is 38.5 Å². The molecule has 5 nitrogen and oxygen atoms in total. The number of thiazole rings is 1. The summed E-state index contributed by atoms with van der Waals surface area (Å²) < 4.78 is 5.72. The van der Waals surface area contributed by atoms with Crippen LogP contribution in [-0.4, -0.2) is 30.6 Å². The largest absolute Gasteiger partial charge is 0.491 e. The normalized spacial score (nSPS) is 11.6. The number of benzene rings is 1. The quantitative estimate of drug-likeness (QED) is 0.597. The van der Waals surface area contributed by atoms with Crippen molar-refractivity contribution in [2.75, 3.05) is 13.6 Å². The first-order chi connectivity index (χ1) is 11.6. The van der Waals surface area contributed by atoms with Gasteiger partial charge in [-0.1, -0.05) is 12.1 Å². The van der Waals surface area contributed by atoms with Crippen LogP contribution in [0.4, 0.5) is 0 Å². The smallest absolute Gasteiger partial charge is 0.191 e. The van der Waals surface area contributed by atoms with E-state index in [1.807, 2.05) is 32.9 Å². The molecule has 130 valence electrons. The lowest BCUT2D eigenvalue weighted by Gasteiger charge is -2.13. The maximum absolute atomic E-state index is 5.72. The Balaban J connectivity index is 1.78. The Morgan fingerprint density at radius 3 is 2.83 bits per heavy atom. The molecule has 2 rings (SSSR count). The van der Waals surface area contributed by atoms with Crippen molar-refractivity contribution in [3.05, 3.63) is 45.9 Å². The fourth-order valence-electron chi connectivity index (χ4n) is 2.24. The van der Waals surface area contributed by atoms with Gasteiger partial charge in [0.2, 0.25) is 0 Å². The minimum Gasteiger partial charge on any atom is -0.491 e. The summed E-state index contributed by atoms with van der Waals surface area (Å²) in [5, 5.41) is 9.85. The average molecular weight is 347 g/mol. The van der Waals surface area contributed by atoms with E-state index in [1.165, 1.54) is 0 Å². The van der Waals surface area contributed by atoms with E-state index < -0.39 is 0 Å². The molecule has 0 spiro atoms. The van der Waals surface area contributed by atoms with Gasteiger partial charge in [-0.3, -0.25) is 4.99 Å². The van der Waals surface area contributed by atoms with Crippen molar-refractivity contribution in [1.29, 1.82) is 0 Å². The molecule has 0 saturated heterocycles. The highest BCUT2D eigenvalue weighted by molar-refractivity contribution is 7.09. The molecule has 0 saturated carbocycles. The molecule has 0 bridgehead atoms. The molecule has 0 radical (unpaired) electrons. The first-order valence-corrected chi connectivity index (χ1v) is 9.06. The van der Waals surface area contributed by atoms with Crippen LogP contribution in [0.25, 0.3) is 0 Å². The highest BCUT2D eigenvalue weighted by Crippen LogP contribution is 2.14. The molecule has 1 aromatic heterocycles. The van der Waals surface area contributed by atoms with Crippen LogP contribution >= 0.6 is 11.3 Å². The molecule has 0 aliphatic carbocycles. The second kappa shape index (κ2) is 9.27. The van der Waals surface area contributed by atoms with Crippen molar-refractivity contribution >= 4 is 17.3 Å². The summed E-state index contributed by atoms with van der Waals surface area (Å²) in [6.07, 6.45) is 1.07. The first kappa shape index (κ1) is 18.3. The summed E-state index contributed by atoms with van der Waals surface area (Å²) in [5.74, 6) is 1.68. The molecule has 1 heterocycles. The zero-order valence-corrected chi connectivity index (χ0v) is 15.6. The van der Waals surface area contributed by atoms with Gasteiger partial charge in [0.05, 0.1) is 16.8 Å². The molecule has 0 unspecified atom stereocenters. The Morgan fingerprint density at radius 1 is 1.33 bits per heavy atom. The summed E-state index contributed by atoms with van der Waals surface area (Å²) in [5.41, 5.74) is 2.28. The van der Waals surface area contributed by atoms with Gasteiger partial charge in [-0.2, -0.15) is 0 Å². The lowest BCUT2D eigenvalue weighted by Crippen LogP contribution is -2.37. The minimum atomic E-state index is 0.178. The molecule has 24 heavy (non-hydrogen) atoms. The van der Waals surface area contributed by atoms with E-state index in [0.717, 1.165) is 40.9 Å². The number of hydrogen-bond donors (Lipinski definition) is 2. The van der Waals surface area contributed by atoms with Crippen molar-refractivity contribution in [2.45, 2.75) is 39.8 Å². The van der Waals surface area contributed by atoms with Gasteiger partial charge < -0.3 is 15.4 Å². The van der Waals surface area contributed by atoms with E-state index in [9.17, 15) is 0 Å². The molecule has 0 fully saturated rings. The van der Waals surface area contributed by atoms with Crippen LogP contribution in [0, 0.1) is 6.92 Å². The van der Waals surface area contributed by atoms with Crippen LogP contribution in [0.5, 0.6) is 5.75 Å². The standard InChI is InChI=1S/C18H26N4OS/c1-13(2)23-17-7-5-6-15(10-17)11-21-18(19-4)20-9-8-16-12-24-14(3)22-16/h5-7,10,12-13H,8-9,11H2,1-4H3,(H2,19,20,21). The summed E-state index contributed by atoms with van der Waals surface area (Å²) in [6.45, 7) is 7.59. The van der Waals surface area contributed by atoms with Gasteiger partial charge in [0.15, 0.2) is 5.96 Å². The van der Waals surface area contributed by atoms with Crippen molar-refractivity contribution in [2.24, 2.45) is 4.99 Å². The summed E-state index contributed by atoms with van der Waals surface area (Å²) in [7, 11) is 1.78. The maximum Gasteiger partial charge on any atom is 0.191 e. The monoisotopic (exact) mass is 346 g/mol. The highest BCUT2D eigenvalue weighted by Gasteiger charge is 2.03. The molecular formula is C18H26N4OS. The number of hydrogen-bond acceptors (Lipinski definition) is 4. The number of aryl methyl sites for hydroxylation is 1. The van der Waals surface area contributed by atoms with Gasteiger partial charge in [0.25, 0.3) is 0 Å². The number of nitrogens with one attached hydrogen (secondary N) is 2. The van der Waals surface area contributed by atoms with E-state index in [0.29, 0.717) is 6.54 Å². The summed E-state index contributed by atoms with van der Waals surface area (Å²) in [4.78, 5) is 8.72. The van der Waals surface area contributed by atoms with E-state index in [1.54, 1.807) is 18.4 Å². The molecule has 2 N–H and O–H groups in total. The van der Waals surface area contributed by atoms with E-state index >= 15 is 0 Å². The van der Waals surface area contributed by atoms with Crippen molar-refractivity contribution in [1.82, 2.24) is 15.6 Å². The first-order valence-electron chi connectivity index (χ1n) is 8.18. The molecule has 0 atom stereocenters. The topological polar surface area (TPSA) is 58.5 Å². The Hall–Kier alpha value is -2.08. The number of aromatic nitrogens is 1. The van der Waals surface area contributed by atoms with Crippen LogP contribution in [-0.2, 0) is 13.0 Å². The van der Waals surface area contributed by atoms with Gasteiger partial charge in [-0.15, -0.1) is 11.3 Å². The Labute approximate surface area is 148 Å². The minimum absolute atomic E-state index is 0.178. The number of nitrogens with zero attached hydrogens (tertiary/aromatic N) is 2. The molecule has 1 aromatic carbocycles. The third kappa shape index (κ3) is 6.20. The number of rotatable bonds is 7. The second-order valence-electron chi connectivity index (χ2n) is 5.77.